The van der Waals surface area contributed by atoms with Crippen molar-refractivity contribution in [3.05, 3.63) is 52.5 Å². The van der Waals surface area contributed by atoms with E-state index in [0.717, 1.165) is 19.3 Å². The van der Waals surface area contributed by atoms with Crippen LogP contribution in [0.2, 0.25) is 0 Å². The SMILES string of the molecule is CCCCCCCCCCCCCCCCCCS(=O)(=O)Nc1cccc(-c2cc(C(=O)O)c3cc(Br)cc(O)c3n2)c1. The van der Waals surface area contributed by atoms with Gasteiger partial charge >= 0.3 is 5.97 Å². The summed E-state index contributed by atoms with van der Waals surface area (Å²) in [6.07, 6.45) is 19.8. The minimum absolute atomic E-state index is 0.00826. The maximum absolute atomic E-state index is 12.7. The Hall–Kier alpha value is -2.65. The van der Waals surface area contributed by atoms with E-state index in [4.69, 9.17) is 0 Å². The Labute approximate surface area is 265 Å². The van der Waals surface area contributed by atoms with Gasteiger partial charge in [-0.15, -0.1) is 0 Å². The highest BCUT2D eigenvalue weighted by atomic mass is 79.9. The fraction of sp³-hybridized carbons (Fsp3) is 0.529. The predicted octanol–water partition coefficient (Wildman–Crippen LogP) is 10.1. The van der Waals surface area contributed by atoms with Gasteiger partial charge in [0, 0.05) is 21.1 Å². The molecule has 0 amide bonds. The molecule has 0 bridgehead atoms. The van der Waals surface area contributed by atoms with Crippen LogP contribution in [-0.2, 0) is 10.0 Å². The Morgan fingerprint density at radius 3 is 1.93 bits per heavy atom. The smallest absolute Gasteiger partial charge is 0.336 e. The lowest BCUT2D eigenvalue weighted by Gasteiger charge is -2.11. The van der Waals surface area contributed by atoms with E-state index < -0.39 is 16.0 Å². The van der Waals surface area contributed by atoms with Gasteiger partial charge in [-0.3, -0.25) is 4.72 Å². The van der Waals surface area contributed by atoms with Crippen molar-refractivity contribution in [3.8, 4) is 17.0 Å². The van der Waals surface area contributed by atoms with Crippen LogP contribution in [0.15, 0.2) is 46.9 Å². The summed E-state index contributed by atoms with van der Waals surface area (Å²) in [5.41, 5.74) is 1.39. The van der Waals surface area contributed by atoms with Crippen LogP contribution in [0.1, 0.15) is 120 Å². The van der Waals surface area contributed by atoms with Gasteiger partial charge < -0.3 is 10.2 Å². The van der Waals surface area contributed by atoms with Gasteiger partial charge in [-0.25, -0.2) is 18.2 Å². The molecule has 1 aromatic heterocycles. The molecular weight excluding hydrogens is 628 g/mol. The molecule has 0 radical (unpaired) electrons. The topological polar surface area (TPSA) is 117 Å². The number of halogens is 1. The molecule has 0 saturated carbocycles. The van der Waals surface area contributed by atoms with Crippen LogP contribution >= 0.6 is 15.9 Å². The van der Waals surface area contributed by atoms with Gasteiger partial charge in [-0.1, -0.05) is 131 Å². The van der Waals surface area contributed by atoms with Crippen molar-refractivity contribution in [1.29, 1.82) is 0 Å². The average Bonchev–Trinajstić information content (AvgIpc) is 2.96. The second kappa shape index (κ2) is 18.2. The average molecular weight is 676 g/mol. The molecule has 2 aromatic carbocycles. The van der Waals surface area contributed by atoms with E-state index in [2.05, 4.69) is 32.6 Å². The molecular formula is C34H47BrN2O5S. The Morgan fingerprint density at radius 2 is 1.37 bits per heavy atom. The van der Waals surface area contributed by atoms with Crippen molar-refractivity contribution in [1.82, 2.24) is 4.98 Å². The molecule has 43 heavy (non-hydrogen) atoms. The van der Waals surface area contributed by atoms with Crippen molar-refractivity contribution in [2.24, 2.45) is 0 Å². The fourth-order valence-electron chi connectivity index (χ4n) is 5.41. The predicted molar refractivity (Wildman–Crippen MR) is 180 cm³/mol. The van der Waals surface area contributed by atoms with E-state index in [9.17, 15) is 23.4 Å². The van der Waals surface area contributed by atoms with Crippen molar-refractivity contribution < 1.29 is 23.4 Å². The number of phenols is 1. The van der Waals surface area contributed by atoms with Gasteiger partial charge in [0.1, 0.15) is 11.3 Å². The van der Waals surface area contributed by atoms with Crippen LogP contribution < -0.4 is 4.72 Å². The minimum Gasteiger partial charge on any atom is -0.506 e. The first kappa shape index (κ1) is 34.8. The molecule has 1 heterocycles. The second-order valence-electron chi connectivity index (χ2n) is 11.5. The molecule has 3 N–H and O–H groups in total. The van der Waals surface area contributed by atoms with E-state index >= 15 is 0 Å². The van der Waals surface area contributed by atoms with Crippen LogP contribution in [0, 0.1) is 0 Å². The molecule has 0 unspecified atom stereocenters. The number of unbranched alkanes of at least 4 members (excludes halogenated alkanes) is 15. The van der Waals surface area contributed by atoms with Gasteiger partial charge in [0.15, 0.2) is 0 Å². The highest BCUT2D eigenvalue weighted by molar-refractivity contribution is 9.10. The van der Waals surface area contributed by atoms with Crippen LogP contribution in [0.5, 0.6) is 5.75 Å². The summed E-state index contributed by atoms with van der Waals surface area (Å²) in [6, 6.07) is 11.2. The van der Waals surface area contributed by atoms with Gasteiger partial charge in [0.05, 0.1) is 17.0 Å². The first-order valence-corrected chi connectivity index (χ1v) is 18.3. The number of nitrogens with zero attached hydrogens (tertiary/aromatic N) is 1. The molecule has 3 aromatic rings. The summed E-state index contributed by atoms with van der Waals surface area (Å²) in [7, 11) is -3.53. The summed E-state index contributed by atoms with van der Waals surface area (Å²) in [6.45, 7) is 2.26. The maximum Gasteiger partial charge on any atom is 0.336 e. The number of anilines is 1. The Kier molecular flexibility index (Phi) is 14.8. The van der Waals surface area contributed by atoms with E-state index in [1.54, 1.807) is 30.3 Å². The highest BCUT2D eigenvalue weighted by Gasteiger charge is 2.17. The van der Waals surface area contributed by atoms with Crippen molar-refractivity contribution in [2.45, 2.75) is 110 Å². The number of carboxylic acids is 1. The number of hydrogen-bond acceptors (Lipinski definition) is 5. The fourth-order valence-corrected chi connectivity index (χ4v) is 7.03. The first-order valence-electron chi connectivity index (χ1n) is 15.9. The number of sulfonamides is 1. The lowest BCUT2D eigenvalue weighted by molar-refractivity contribution is 0.0699. The number of pyridine rings is 1. The van der Waals surface area contributed by atoms with E-state index in [0.29, 0.717) is 33.2 Å². The molecule has 0 aliphatic carbocycles. The molecule has 0 fully saturated rings. The molecule has 236 valence electrons. The third-order valence-electron chi connectivity index (χ3n) is 7.79. The lowest BCUT2D eigenvalue weighted by Crippen LogP contribution is -2.16. The number of nitrogens with one attached hydrogen (secondary N) is 1. The zero-order valence-corrected chi connectivity index (χ0v) is 27.8. The summed E-state index contributed by atoms with van der Waals surface area (Å²) in [5.74, 6) is -1.25. The number of aromatic carboxylic acids is 1. The number of rotatable bonds is 21. The molecule has 0 atom stereocenters. The zero-order valence-electron chi connectivity index (χ0n) is 25.4. The monoisotopic (exact) mass is 674 g/mol. The van der Waals surface area contributed by atoms with Gasteiger partial charge in [-0.05, 0) is 36.8 Å². The number of aromatic hydroxyl groups is 1. The summed E-state index contributed by atoms with van der Waals surface area (Å²) in [4.78, 5) is 16.4. The molecule has 3 rings (SSSR count). The summed E-state index contributed by atoms with van der Waals surface area (Å²) in [5, 5.41) is 20.5. The summed E-state index contributed by atoms with van der Waals surface area (Å²) >= 11 is 3.28. The number of hydrogen-bond donors (Lipinski definition) is 3. The molecule has 0 saturated heterocycles. The van der Waals surface area contributed by atoms with Crippen LogP contribution in [0.3, 0.4) is 0 Å². The number of phenolic OH excluding ortho intramolecular Hbond substituents is 1. The minimum atomic E-state index is -3.53. The third-order valence-corrected chi connectivity index (χ3v) is 9.62. The van der Waals surface area contributed by atoms with Gasteiger partial charge in [0.25, 0.3) is 0 Å². The van der Waals surface area contributed by atoms with Crippen LogP contribution in [0.4, 0.5) is 5.69 Å². The maximum atomic E-state index is 12.7. The Morgan fingerprint density at radius 1 is 0.814 bits per heavy atom. The van der Waals surface area contributed by atoms with E-state index in [-0.39, 0.29) is 22.6 Å². The molecule has 0 aliphatic heterocycles. The van der Waals surface area contributed by atoms with Crippen molar-refractivity contribution in [2.75, 3.05) is 10.5 Å². The molecule has 0 aliphatic rings. The number of fused-ring (bicyclic) bond motifs is 1. The van der Waals surface area contributed by atoms with Crippen LogP contribution in [0.25, 0.3) is 22.2 Å². The van der Waals surface area contributed by atoms with Crippen molar-refractivity contribution >= 4 is 48.5 Å². The number of carboxylic acid groups (broad SMARTS) is 1. The normalized spacial score (nSPS) is 11.7. The highest BCUT2D eigenvalue weighted by Crippen LogP contribution is 2.33. The van der Waals surface area contributed by atoms with Gasteiger partial charge in [0.2, 0.25) is 10.0 Å². The third kappa shape index (κ3) is 12.1. The molecule has 0 spiro atoms. The van der Waals surface area contributed by atoms with E-state index in [1.165, 1.54) is 89.2 Å². The standard InChI is InChI=1S/C34H47BrN2O5S/c1-2-3-4-5-6-7-8-9-10-11-12-13-14-15-16-17-21-43(41,42)37-28-20-18-19-26(22-28)31-25-30(34(39)40)29-23-27(35)24-32(38)33(29)36-31/h18-20,22-25,37-38H,2-17,21H2,1H3,(H,39,40). The van der Waals surface area contributed by atoms with Gasteiger partial charge in [-0.2, -0.15) is 0 Å². The Balaban J connectivity index is 1.39. The number of benzene rings is 2. The second-order valence-corrected chi connectivity index (χ2v) is 14.2. The van der Waals surface area contributed by atoms with Crippen LogP contribution in [-0.4, -0.2) is 35.3 Å². The summed E-state index contributed by atoms with van der Waals surface area (Å²) < 4.78 is 28.7. The van der Waals surface area contributed by atoms with E-state index in [1.807, 2.05) is 0 Å². The van der Waals surface area contributed by atoms with Crippen molar-refractivity contribution in [3.63, 3.8) is 0 Å². The molecule has 7 nitrogen and oxygen atoms in total. The zero-order chi connectivity index (χ0) is 31.1. The quantitative estimate of drug-likeness (QED) is 0.0968. The number of carbonyl (C=O) groups is 1. The first-order chi connectivity index (χ1) is 20.7. The molecule has 9 heteroatoms. The largest absolute Gasteiger partial charge is 0.506 e. The lowest BCUT2D eigenvalue weighted by atomic mass is 10.0. The number of aromatic nitrogens is 1. The Bertz CT molecular complexity index is 1430.